The average molecular weight is 368 g/mol. The van der Waals surface area contributed by atoms with Gasteiger partial charge in [0.2, 0.25) is 11.8 Å². The standard InChI is InChI=1S/C20H24N4O3/c1-14(25)24(4)18-10-8-16(9-11-18)21-13-19(26)22-17-7-5-6-15(12-17)20(27)23(2)3/h5-12,21H,13H2,1-4H3,(H,22,26). The third kappa shape index (κ3) is 5.57. The molecule has 0 aliphatic rings. The highest BCUT2D eigenvalue weighted by Crippen LogP contribution is 2.17. The van der Waals surface area contributed by atoms with Crippen molar-refractivity contribution in [3.05, 3.63) is 54.1 Å². The zero-order valence-corrected chi connectivity index (χ0v) is 15.9. The van der Waals surface area contributed by atoms with Crippen LogP contribution in [0.4, 0.5) is 17.1 Å². The van der Waals surface area contributed by atoms with Crippen molar-refractivity contribution in [3.63, 3.8) is 0 Å². The van der Waals surface area contributed by atoms with Gasteiger partial charge in [0.25, 0.3) is 5.91 Å². The molecule has 2 aromatic carbocycles. The van der Waals surface area contributed by atoms with Gasteiger partial charge in [0.05, 0.1) is 6.54 Å². The van der Waals surface area contributed by atoms with Gasteiger partial charge >= 0.3 is 0 Å². The number of amides is 3. The molecular weight excluding hydrogens is 344 g/mol. The molecule has 0 spiro atoms. The molecule has 7 nitrogen and oxygen atoms in total. The van der Waals surface area contributed by atoms with Crippen molar-refractivity contribution in [3.8, 4) is 0 Å². The first-order valence-electron chi connectivity index (χ1n) is 8.47. The fourth-order valence-electron chi connectivity index (χ4n) is 2.36. The SMILES string of the molecule is CC(=O)N(C)c1ccc(NCC(=O)Nc2cccc(C(=O)N(C)C)c2)cc1. The predicted octanol–water partition coefficient (Wildman–Crippen LogP) is 2.42. The van der Waals surface area contributed by atoms with Crippen LogP contribution in [0.15, 0.2) is 48.5 Å². The Bertz CT molecular complexity index is 831. The third-order valence-corrected chi connectivity index (χ3v) is 3.98. The molecule has 2 rings (SSSR count). The van der Waals surface area contributed by atoms with E-state index < -0.39 is 0 Å². The Labute approximate surface area is 159 Å². The van der Waals surface area contributed by atoms with Crippen molar-refractivity contribution in [2.24, 2.45) is 0 Å². The van der Waals surface area contributed by atoms with Crippen molar-refractivity contribution in [2.75, 3.05) is 43.2 Å². The Morgan fingerprint density at radius 1 is 0.926 bits per heavy atom. The van der Waals surface area contributed by atoms with Crippen LogP contribution in [-0.2, 0) is 9.59 Å². The second-order valence-electron chi connectivity index (χ2n) is 6.31. The van der Waals surface area contributed by atoms with Crippen LogP contribution in [0.3, 0.4) is 0 Å². The number of carbonyl (C=O) groups is 3. The summed E-state index contributed by atoms with van der Waals surface area (Å²) in [4.78, 5) is 38.5. The lowest BCUT2D eigenvalue weighted by Crippen LogP contribution is -2.24. The van der Waals surface area contributed by atoms with Gasteiger partial charge in [-0.05, 0) is 42.5 Å². The Hall–Kier alpha value is -3.35. The maximum absolute atomic E-state index is 12.1. The number of anilines is 3. The Morgan fingerprint density at radius 2 is 1.59 bits per heavy atom. The van der Waals surface area contributed by atoms with Crippen molar-refractivity contribution in [1.82, 2.24) is 4.90 Å². The maximum atomic E-state index is 12.1. The third-order valence-electron chi connectivity index (χ3n) is 3.98. The molecule has 0 unspecified atom stereocenters. The quantitative estimate of drug-likeness (QED) is 0.820. The zero-order valence-electron chi connectivity index (χ0n) is 15.9. The van der Waals surface area contributed by atoms with Crippen LogP contribution in [0.5, 0.6) is 0 Å². The molecule has 0 saturated heterocycles. The van der Waals surface area contributed by atoms with Crippen LogP contribution >= 0.6 is 0 Å². The molecule has 0 aromatic heterocycles. The minimum absolute atomic E-state index is 0.0509. The van der Waals surface area contributed by atoms with Gasteiger partial charge < -0.3 is 20.4 Å². The summed E-state index contributed by atoms with van der Waals surface area (Å²) >= 11 is 0. The van der Waals surface area contributed by atoms with Crippen molar-refractivity contribution in [2.45, 2.75) is 6.92 Å². The molecule has 2 N–H and O–H groups in total. The van der Waals surface area contributed by atoms with Crippen molar-refractivity contribution in [1.29, 1.82) is 0 Å². The lowest BCUT2D eigenvalue weighted by atomic mass is 10.2. The molecule has 0 radical (unpaired) electrons. The van der Waals surface area contributed by atoms with Gasteiger partial charge in [0.1, 0.15) is 0 Å². The fraction of sp³-hybridized carbons (Fsp3) is 0.250. The summed E-state index contributed by atoms with van der Waals surface area (Å²) in [6.45, 7) is 1.57. The summed E-state index contributed by atoms with van der Waals surface area (Å²) in [6.07, 6.45) is 0. The van der Waals surface area contributed by atoms with E-state index in [-0.39, 0.29) is 24.3 Å². The van der Waals surface area contributed by atoms with Crippen LogP contribution in [0.1, 0.15) is 17.3 Å². The molecule has 0 aliphatic carbocycles. The van der Waals surface area contributed by atoms with Gasteiger partial charge in [-0.2, -0.15) is 0 Å². The largest absolute Gasteiger partial charge is 0.376 e. The summed E-state index contributed by atoms with van der Waals surface area (Å²) in [7, 11) is 5.06. The second kappa shape index (κ2) is 8.84. The number of carbonyl (C=O) groups excluding carboxylic acids is 3. The van der Waals surface area contributed by atoms with Crippen LogP contribution in [-0.4, -0.2) is 50.3 Å². The zero-order chi connectivity index (χ0) is 20.0. The second-order valence-corrected chi connectivity index (χ2v) is 6.31. The molecule has 7 heteroatoms. The predicted molar refractivity (Wildman–Crippen MR) is 107 cm³/mol. The maximum Gasteiger partial charge on any atom is 0.253 e. The smallest absolute Gasteiger partial charge is 0.253 e. The van der Waals surface area contributed by atoms with E-state index in [0.717, 1.165) is 11.4 Å². The number of benzene rings is 2. The van der Waals surface area contributed by atoms with E-state index in [1.54, 1.807) is 74.6 Å². The van der Waals surface area contributed by atoms with Gasteiger partial charge in [-0.25, -0.2) is 0 Å². The molecule has 3 amide bonds. The first-order valence-corrected chi connectivity index (χ1v) is 8.47. The highest BCUT2D eigenvalue weighted by Gasteiger charge is 2.10. The van der Waals surface area contributed by atoms with Gasteiger partial charge in [-0.3, -0.25) is 14.4 Å². The monoisotopic (exact) mass is 368 g/mol. The summed E-state index contributed by atoms with van der Waals surface area (Å²) in [5, 5.41) is 5.79. The number of hydrogen-bond acceptors (Lipinski definition) is 4. The van der Waals surface area contributed by atoms with E-state index in [1.165, 1.54) is 11.8 Å². The van der Waals surface area contributed by atoms with Crippen LogP contribution in [0.2, 0.25) is 0 Å². The topological polar surface area (TPSA) is 81.8 Å². The fourth-order valence-corrected chi connectivity index (χ4v) is 2.36. The molecule has 0 saturated carbocycles. The summed E-state index contributed by atoms with van der Waals surface area (Å²) < 4.78 is 0. The van der Waals surface area contributed by atoms with E-state index in [0.29, 0.717) is 11.3 Å². The molecule has 142 valence electrons. The molecule has 0 aliphatic heterocycles. The lowest BCUT2D eigenvalue weighted by molar-refractivity contribution is -0.116. The van der Waals surface area contributed by atoms with Gasteiger partial charge in [0, 0.05) is 50.7 Å². The highest BCUT2D eigenvalue weighted by molar-refractivity contribution is 5.98. The normalized spacial score (nSPS) is 10.1. The summed E-state index contributed by atoms with van der Waals surface area (Å²) in [6, 6.07) is 14.0. The van der Waals surface area contributed by atoms with E-state index in [9.17, 15) is 14.4 Å². The molecule has 2 aromatic rings. The number of nitrogens with zero attached hydrogens (tertiary/aromatic N) is 2. The van der Waals surface area contributed by atoms with Crippen molar-refractivity contribution >= 4 is 34.8 Å². The minimum atomic E-state index is -0.227. The first kappa shape index (κ1) is 20.0. The number of nitrogens with one attached hydrogen (secondary N) is 2. The van der Waals surface area contributed by atoms with E-state index in [2.05, 4.69) is 10.6 Å². The average Bonchev–Trinajstić information content (AvgIpc) is 2.65. The Kier molecular flexibility index (Phi) is 6.54. The van der Waals surface area contributed by atoms with Crippen LogP contribution in [0.25, 0.3) is 0 Å². The lowest BCUT2D eigenvalue weighted by Gasteiger charge is -2.15. The minimum Gasteiger partial charge on any atom is -0.376 e. The molecule has 0 fully saturated rings. The Morgan fingerprint density at radius 3 is 2.19 bits per heavy atom. The first-order chi connectivity index (χ1) is 12.8. The van der Waals surface area contributed by atoms with E-state index in [1.807, 2.05) is 0 Å². The van der Waals surface area contributed by atoms with Gasteiger partial charge in [0.15, 0.2) is 0 Å². The molecule has 0 atom stereocenters. The van der Waals surface area contributed by atoms with Crippen molar-refractivity contribution < 1.29 is 14.4 Å². The molecule has 27 heavy (non-hydrogen) atoms. The highest BCUT2D eigenvalue weighted by atomic mass is 16.2. The van der Waals surface area contributed by atoms with Crippen LogP contribution < -0.4 is 15.5 Å². The van der Waals surface area contributed by atoms with Gasteiger partial charge in [-0.1, -0.05) is 6.07 Å². The number of hydrogen-bond donors (Lipinski definition) is 2. The van der Waals surface area contributed by atoms with E-state index >= 15 is 0 Å². The Balaban J connectivity index is 1.92. The van der Waals surface area contributed by atoms with Crippen LogP contribution in [0, 0.1) is 0 Å². The molecule has 0 bridgehead atoms. The van der Waals surface area contributed by atoms with E-state index in [4.69, 9.17) is 0 Å². The molecular formula is C20H24N4O3. The summed E-state index contributed by atoms with van der Waals surface area (Å²) in [5.74, 6) is -0.403. The summed E-state index contributed by atoms with van der Waals surface area (Å²) in [5.41, 5.74) is 2.62. The number of rotatable bonds is 6. The van der Waals surface area contributed by atoms with Gasteiger partial charge in [-0.15, -0.1) is 0 Å². The molecule has 0 heterocycles.